The predicted molar refractivity (Wildman–Crippen MR) is 262 cm³/mol. The highest BCUT2D eigenvalue weighted by atomic mass is 19.1. The van der Waals surface area contributed by atoms with Crippen LogP contribution in [0.25, 0.3) is 44.7 Å². The summed E-state index contributed by atoms with van der Waals surface area (Å²) in [6.45, 7) is 10.6. The molecule has 3 aromatic carbocycles. The Morgan fingerprint density at radius 3 is 1.93 bits per heavy atom. The lowest BCUT2D eigenvalue weighted by Crippen LogP contribution is -2.51. The quantitative estimate of drug-likeness (QED) is 0.0972. The fourth-order valence-corrected chi connectivity index (χ4v) is 10.7. The first kappa shape index (κ1) is 47.3. The third-order valence-corrected chi connectivity index (χ3v) is 14.4. The summed E-state index contributed by atoms with van der Waals surface area (Å²) >= 11 is 0. The first-order valence-electron chi connectivity index (χ1n) is 24.6. The van der Waals surface area contributed by atoms with E-state index in [-0.39, 0.29) is 41.8 Å². The zero-order chi connectivity index (χ0) is 49.8. The van der Waals surface area contributed by atoms with Gasteiger partial charge in [-0.25, -0.2) is 23.9 Å². The van der Waals surface area contributed by atoms with Crippen molar-refractivity contribution in [2.75, 3.05) is 27.3 Å². The number of nitrogens with one attached hydrogen (secondary N) is 4. The molecule has 4 amide bonds. The number of alkyl carbamates (subject to hydrolysis) is 2. The Morgan fingerprint density at radius 2 is 1.34 bits per heavy atom. The van der Waals surface area contributed by atoms with Crippen LogP contribution in [0.4, 0.5) is 14.0 Å². The van der Waals surface area contributed by atoms with Crippen molar-refractivity contribution >= 4 is 34.9 Å². The second-order valence-corrected chi connectivity index (χ2v) is 19.8. The Hall–Kier alpha value is -7.37. The minimum atomic E-state index is -0.780. The van der Waals surface area contributed by atoms with Crippen LogP contribution in [0.5, 0.6) is 11.5 Å². The van der Waals surface area contributed by atoms with Crippen molar-refractivity contribution in [2.24, 2.45) is 11.8 Å². The molecule has 4 N–H and O–H groups in total. The van der Waals surface area contributed by atoms with E-state index in [1.54, 1.807) is 22.2 Å². The molecule has 6 aromatic rings. The molecule has 0 saturated carbocycles. The van der Waals surface area contributed by atoms with Gasteiger partial charge in [-0.1, -0.05) is 45.9 Å². The van der Waals surface area contributed by atoms with Gasteiger partial charge in [0.05, 0.1) is 73.0 Å². The van der Waals surface area contributed by atoms with Gasteiger partial charge in [0.25, 0.3) is 0 Å². The van der Waals surface area contributed by atoms with Crippen LogP contribution in [0.1, 0.15) is 108 Å². The van der Waals surface area contributed by atoms with Crippen LogP contribution in [0.15, 0.2) is 67.0 Å². The fraction of sp³-hybridized carbons (Fsp3) is 0.434. The van der Waals surface area contributed by atoms with Gasteiger partial charge in [-0.05, 0) is 99.2 Å². The van der Waals surface area contributed by atoms with Crippen LogP contribution in [0, 0.1) is 17.7 Å². The summed E-state index contributed by atoms with van der Waals surface area (Å²) in [4.78, 5) is 71.9. The third kappa shape index (κ3) is 8.81. The molecule has 17 nitrogen and oxygen atoms in total. The number of ether oxygens (including phenoxy) is 4. The third-order valence-electron chi connectivity index (χ3n) is 14.4. The number of benzene rings is 3. The number of methoxy groups -OCH3 is 2. The number of carbonyl (C=O) groups is 4. The summed E-state index contributed by atoms with van der Waals surface area (Å²) in [7, 11) is 2.54. The summed E-state index contributed by atoms with van der Waals surface area (Å²) in [5.41, 5.74) is 6.42. The van der Waals surface area contributed by atoms with Gasteiger partial charge in [0.15, 0.2) is 0 Å². The van der Waals surface area contributed by atoms with E-state index in [4.69, 9.17) is 28.9 Å². The topological polar surface area (TPSA) is 198 Å². The maximum absolute atomic E-state index is 17.0. The van der Waals surface area contributed by atoms with E-state index >= 15 is 4.39 Å². The number of aryl methyl sites for hydroxylation is 1. The molecule has 7 heterocycles. The number of likely N-dealkylation sites (tertiary alicyclic amines) is 2. The highest BCUT2D eigenvalue weighted by Gasteiger charge is 2.40. The largest absolute Gasteiger partial charge is 0.490 e. The van der Waals surface area contributed by atoms with Crippen molar-refractivity contribution < 1.29 is 42.5 Å². The summed E-state index contributed by atoms with van der Waals surface area (Å²) in [5.74, 6) is 1.13. The van der Waals surface area contributed by atoms with Crippen LogP contribution in [0.2, 0.25) is 0 Å². The molecule has 2 saturated heterocycles. The lowest BCUT2D eigenvalue weighted by Gasteiger charge is -2.32. The number of hydrogen-bond donors (Lipinski definition) is 4. The number of nitrogens with zero attached hydrogens (tertiary/aromatic N) is 5. The fourth-order valence-electron chi connectivity index (χ4n) is 10.7. The number of H-pyrrole nitrogens is 2. The average Bonchev–Trinajstić information content (AvgIpc) is 4.23. The Bertz CT molecular complexity index is 3030. The zero-order valence-electron chi connectivity index (χ0n) is 41.0. The second kappa shape index (κ2) is 19.1. The van der Waals surface area contributed by atoms with Crippen molar-refractivity contribution in [3.63, 3.8) is 0 Å². The summed E-state index contributed by atoms with van der Waals surface area (Å²) in [6.07, 6.45) is 6.20. The normalized spacial score (nSPS) is 20.2. The Morgan fingerprint density at radius 1 is 0.732 bits per heavy atom. The van der Waals surface area contributed by atoms with Crippen LogP contribution < -0.4 is 20.1 Å². The summed E-state index contributed by atoms with van der Waals surface area (Å²) in [5, 5.41) is 6.25. The van der Waals surface area contributed by atoms with Crippen molar-refractivity contribution in [3.05, 3.63) is 95.6 Å². The molecule has 1 unspecified atom stereocenters. The average molecular weight is 970 g/mol. The number of imidazole rings is 2. The lowest BCUT2D eigenvalue weighted by molar-refractivity contribution is -0.136. The van der Waals surface area contributed by atoms with E-state index < -0.39 is 36.3 Å². The second-order valence-electron chi connectivity index (χ2n) is 19.8. The summed E-state index contributed by atoms with van der Waals surface area (Å²) < 4.78 is 42.0. The van der Waals surface area contributed by atoms with Crippen LogP contribution in [-0.4, -0.2) is 104 Å². The molecular formula is C53H60FN9O8. The molecule has 4 aliphatic heterocycles. The van der Waals surface area contributed by atoms with Gasteiger partial charge in [-0.3, -0.25) is 9.59 Å². The molecule has 3 aromatic heterocycles. The maximum atomic E-state index is 17.0. The standard InChI is InChI=1S/C53H60FN9O8/c1-27(2)45(59-52(66)68-6)49(64)61-18-8-10-39(61)47-55-25-36(57-47)31-16-17-38-34(20-31)22-41-44-35(54)21-33(24-43(44)71-51(63(38)41)32-15-14-30-13-12-29(5)70-42(30)23-32)37-26-56-48(58-37)40-11-9-19-62(40)50(65)46(28(3)4)60-53(67)69-7/h14-17,20-29,39-40,45-46,51H,8-13,18-19H2,1-7H3,(H,55,57)(H,56,58)(H,59,66)(H,60,67)/t29-,39+,40+,45+,46+,51?/m1/s1. The minimum absolute atomic E-state index is 0.0615. The molecule has 10 rings (SSSR count). The van der Waals surface area contributed by atoms with E-state index in [1.807, 2.05) is 68.7 Å². The molecule has 18 heteroatoms. The SMILES string of the molecule is COC(=O)N[C@H](C(=O)N1CCC[C@H]1c1ncc(-c2cc(F)c3c(c2)OC(c2ccc4c(c2)O[C@H](C)CC4)n2c-3cc3cc(-c4cnc([C@@H]5CCCN5C(=O)[C@@H](NC(=O)OC)C(C)C)[nH]4)ccc32)[nH]1)C(C)C. The van der Waals surface area contributed by atoms with Crippen LogP contribution >= 0.6 is 0 Å². The lowest BCUT2D eigenvalue weighted by atomic mass is 9.99. The molecule has 0 spiro atoms. The molecule has 71 heavy (non-hydrogen) atoms. The highest BCUT2D eigenvalue weighted by Crippen LogP contribution is 2.48. The van der Waals surface area contributed by atoms with Crippen molar-refractivity contribution in [1.29, 1.82) is 0 Å². The summed E-state index contributed by atoms with van der Waals surface area (Å²) in [6, 6.07) is 15.3. The van der Waals surface area contributed by atoms with Crippen LogP contribution in [-0.2, 0) is 25.5 Å². The van der Waals surface area contributed by atoms with E-state index in [1.165, 1.54) is 20.3 Å². The van der Waals surface area contributed by atoms with Crippen LogP contribution in [0.3, 0.4) is 0 Å². The molecule has 0 aliphatic carbocycles. The monoisotopic (exact) mass is 969 g/mol. The van der Waals surface area contributed by atoms with Gasteiger partial charge in [0.1, 0.15) is 41.0 Å². The molecule has 2 fully saturated rings. The number of rotatable bonds is 11. The van der Waals surface area contributed by atoms with E-state index in [9.17, 15) is 19.2 Å². The van der Waals surface area contributed by atoms with Gasteiger partial charge < -0.3 is 53.9 Å². The van der Waals surface area contributed by atoms with Gasteiger partial charge in [0, 0.05) is 35.2 Å². The number of hydrogen-bond acceptors (Lipinski definition) is 10. The molecular weight excluding hydrogens is 910 g/mol. The number of fused-ring (bicyclic) bond motifs is 6. The van der Waals surface area contributed by atoms with Crippen molar-refractivity contribution in [1.82, 2.24) is 44.9 Å². The zero-order valence-corrected chi connectivity index (χ0v) is 41.0. The van der Waals surface area contributed by atoms with Gasteiger partial charge >= 0.3 is 12.2 Å². The Balaban J connectivity index is 0.986. The number of halogens is 1. The Kier molecular flexibility index (Phi) is 12.7. The smallest absolute Gasteiger partial charge is 0.407 e. The van der Waals surface area contributed by atoms with E-state index in [2.05, 4.69) is 39.7 Å². The highest BCUT2D eigenvalue weighted by molar-refractivity contribution is 5.93. The number of aromatic amines is 2. The van der Waals surface area contributed by atoms with E-state index in [0.717, 1.165) is 64.7 Å². The van der Waals surface area contributed by atoms with Gasteiger partial charge in [-0.15, -0.1) is 0 Å². The number of aromatic nitrogens is 5. The molecule has 4 aliphatic rings. The van der Waals surface area contributed by atoms with E-state index in [0.29, 0.717) is 65.8 Å². The molecule has 0 bridgehead atoms. The first-order valence-corrected chi connectivity index (χ1v) is 24.6. The molecule has 372 valence electrons. The number of carbonyl (C=O) groups excluding carboxylic acids is 4. The van der Waals surface area contributed by atoms with Gasteiger partial charge in [0.2, 0.25) is 18.0 Å². The van der Waals surface area contributed by atoms with Crippen molar-refractivity contribution in [2.45, 2.75) is 110 Å². The van der Waals surface area contributed by atoms with Crippen molar-refractivity contribution in [3.8, 4) is 45.3 Å². The maximum Gasteiger partial charge on any atom is 0.407 e. The van der Waals surface area contributed by atoms with Gasteiger partial charge in [-0.2, -0.15) is 0 Å². The predicted octanol–water partition coefficient (Wildman–Crippen LogP) is 8.97. The first-order chi connectivity index (χ1) is 34.2. The minimum Gasteiger partial charge on any atom is -0.490 e. The molecule has 0 radical (unpaired) electrons. The number of amides is 4. The Labute approximate surface area is 410 Å². The molecule has 6 atom stereocenters.